The van der Waals surface area contributed by atoms with Crippen LogP contribution >= 0.6 is 0 Å². The molecule has 0 aliphatic carbocycles. The minimum Gasteiger partial charge on any atom is -0.298 e. The van der Waals surface area contributed by atoms with E-state index in [1.54, 1.807) is 33.2 Å². The smallest absolute Gasteiger partial charge is 0.265 e. The van der Waals surface area contributed by atoms with Crippen LogP contribution < -0.4 is 16.2 Å². The number of benzene rings is 1. The fraction of sp³-hybridized carbons (Fsp3) is 0.294. The number of aldehydes is 1. The lowest BCUT2D eigenvalue weighted by Gasteiger charge is -2.19. The number of allylic oxidation sites excluding steroid dienone is 2. The Labute approximate surface area is 136 Å². The van der Waals surface area contributed by atoms with Crippen LogP contribution in [0.2, 0.25) is 0 Å². The van der Waals surface area contributed by atoms with Crippen LogP contribution in [0, 0.1) is 5.82 Å². The third-order valence-electron chi connectivity index (χ3n) is 2.96. The van der Waals surface area contributed by atoms with E-state index < -0.39 is 5.91 Å². The first-order valence-corrected chi connectivity index (χ1v) is 7.20. The summed E-state index contributed by atoms with van der Waals surface area (Å²) >= 11 is 0. The van der Waals surface area contributed by atoms with Crippen LogP contribution in [0.5, 0.6) is 0 Å². The molecule has 1 aromatic rings. The molecule has 23 heavy (non-hydrogen) atoms. The lowest BCUT2D eigenvalue weighted by molar-refractivity contribution is -0.116. The third-order valence-corrected chi connectivity index (χ3v) is 2.96. The van der Waals surface area contributed by atoms with Gasteiger partial charge in [0.15, 0.2) is 6.29 Å². The van der Waals surface area contributed by atoms with Gasteiger partial charge < -0.3 is 0 Å². The van der Waals surface area contributed by atoms with Gasteiger partial charge in [-0.05, 0) is 51.6 Å². The molecule has 5 nitrogen and oxygen atoms in total. The summed E-state index contributed by atoms with van der Waals surface area (Å²) in [6.45, 7) is 5.39. The minimum absolute atomic E-state index is 0.134. The topological polar surface area (TPSA) is 75.4 Å². The van der Waals surface area contributed by atoms with Gasteiger partial charge in [-0.25, -0.2) is 4.39 Å². The van der Waals surface area contributed by atoms with Crippen LogP contribution in [-0.2, 0) is 9.59 Å². The Kier molecular flexibility index (Phi) is 10.1. The third kappa shape index (κ3) is 6.54. The van der Waals surface area contributed by atoms with Gasteiger partial charge in [0, 0.05) is 11.9 Å². The molecule has 0 saturated carbocycles. The summed E-state index contributed by atoms with van der Waals surface area (Å²) in [4.78, 5) is 24.9. The maximum atomic E-state index is 13.0. The molecule has 0 aliphatic heterocycles. The number of amides is 1. The second kappa shape index (κ2) is 11.3. The van der Waals surface area contributed by atoms with Crippen LogP contribution in [0.15, 0.2) is 47.7 Å². The molecule has 0 bridgehead atoms. The normalized spacial score (nSPS) is 11.4. The number of hydrogen-bond donors (Lipinski definition) is 2. The van der Waals surface area contributed by atoms with Gasteiger partial charge in [0.25, 0.3) is 5.91 Å². The Balaban J connectivity index is 0.00000149. The van der Waals surface area contributed by atoms with Gasteiger partial charge in [-0.15, -0.1) is 0 Å². The highest BCUT2D eigenvalue weighted by atomic mass is 19.1. The number of rotatable bonds is 5. The Morgan fingerprint density at radius 1 is 1.35 bits per heavy atom. The molecule has 3 N–H and O–H groups in total. The monoisotopic (exact) mass is 321 g/mol. The zero-order valence-corrected chi connectivity index (χ0v) is 14.0. The first kappa shape index (κ1) is 20.7. The van der Waals surface area contributed by atoms with Crippen molar-refractivity contribution in [1.29, 1.82) is 0 Å². The highest BCUT2D eigenvalue weighted by Gasteiger charge is 2.19. The zero-order valence-electron chi connectivity index (χ0n) is 14.0. The molecule has 1 amide bonds. The fourth-order valence-electron chi connectivity index (χ4n) is 1.68. The summed E-state index contributed by atoms with van der Waals surface area (Å²) < 4.78 is 13.0. The molecule has 126 valence electrons. The number of nitrogens with one attached hydrogen (secondary N) is 1. The molecule has 0 radical (unpaired) electrons. The van der Waals surface area contributed by atoms with Crippen LogP contribution in [0.4, 0.5) is 10.1 Å². The van der Waals surface area contributed by atoms with Gasteiger partial charge in [-0.1, -0.05) is 18.6 Å². The van der Waals surface area contributed by atoms with Gasteiger partial charge in [0.1, 0.15) is 5.82 Å². The van der Waals surface area contributed by atoms with E-state index in [0.717, 1.165) is 5.57 Å². The van der Waals surface area contributed by atoms with E-state index >= 15 is 0 Å². The maximum Gasteiger partial charge on any atom is 0.265 e. The molecule has 6 heteroatoms. The number of carbonyl (C=O) groups excluding carboxylic acids is 2. The van der Waals surface area contributed by atoms with Crippen LogP contribution in [0.3, 0.4) is 0 Å². The van der Waals surface area contributed by atoms with E-state index in [0.29, 0.717) is 18.4 Å². The Bertz CT molecular complexity index is 566. The highest BCUT2D eigenvalue weighted by Crippen LogP contribution is 2.19. The summed E-state index contributed by atoms with van der Waals surface area (Å²) in [7, 11) is 1.65. The van der Waals surface area contributed by atoms with Crippen molar-refractivity contribution in [2.24, 2.45) is 5.84 Å². The van der Waals surface area contributed by atoms with Gasteiger partial charge in [-0.3, -0.25) is 25.8 Å². The molecule has 0 fully saturated rings. The lowest BCUT2D eigenvalue weighted by atomic mass is 10.1. The first-order valence-electron chi connectivity index (χ1n) is 7.20. The van der Waals surface area contributed by atoms with Gasteiger partial charge in [-0.2, -0.15) is 0 Å². The van der Waals surface area contributed by atoms with Gasteiger partial charge in [0.2, 0.25) is 0 Å². The number of halogens is 1. The molecular weight excluding hydrogens is 297 g/mol. The summed E-state index contributed by atoms with van der Waals surface area (Å²) in [5.41, 5.74) is 3.62. The molecule has 1 rings (SSSR count). The lowest BCUT2D eigenvalue weighted by Crippen LogP contribution is -2.28. The van der Waals surface area contributed by atoms with E-state index in [4.69, 9.17) is 0 Å². The summed E-state index contributed by atoms with van der Waals surface area (Å²) in [5.74, 6) is 3.81. The minimum atomic E-state index is -0.413. The van der Waals surface area contributed by atoms with Crippen LogP contribution in [-0.4, -0.2) is 19.2 Å². The molecule has 0 unspecified atom stereocenters. The Morgan fingerprint density at radius 3 is 2.26 bits per heavy atom. The van der Waals surface area contributed by atoms with Crippen molar-refractivity contribution >= 4 is 17.9 Å². The molecule has 0 aliphatic rings. The van der Waals surface area contributed by atoms with Gasteiger partial charge in [0.05, 0.1) is 5.57 Å². The molecule has 0 saturated heterocycles. The standard InChI is InChI=1S/C16H18FNO2.CH6N2/c1-4-10-18(14-8-6-13(17)7-9-14)16(20)15(11-19)12(3)5-2;1-3-2/h4,6-11H,5H2,1-3H3;3H,2H2,1H3/b10-4-,15-12+;. The molecule has 0 aromatic heterocycles. The predicted molar refractivity (Wildman–Crippen MR) is 91.0 cm³/mol. The van der Waals surface area contributed by atoms with Crippen LogP contribution in [0.25, 0.3) is 0 Å². The van der Waals surface area contributed by atoms with Crippen molar-refractivity contribution < 1.29 is 14.0 Å². The highest BCUT2D eigenvalue weighted by molar-refractivity contribution is 6.18. The number of nitrogens with zero attached hydrogens (tertiary/aromatic N) is 1. The number of hydrogen-bond acceptors (Lipinski definition) is 4. The van der Waals surface area contributed by atoms with Crippen molar-refractivity contribution in [2.75, 3.05) is 11.9 Å². The average molecular weight is 321 g/mol. The van der Waals surface area contributed by atoms with Crippen LogP contribution in [0.1, 0.15) is 27.2 Å². The van der Waals surface area contributed by atoms with E-state index in [9.17, 15) is 14.0 Å². The fourth-order valence-corrected chi connectivity index (χ4v) is 1.68. The van der Waals surface area contributed by atoms with Crippen molar-refractivity contribution in [3.8, 4) is 0 Å². The number of carbonyl (C=O) groups is 2. The van der Waals surface area contributed by atoms with Crippen molar-refractivity contribution in [3.63, 3.8) is 0 Å². The van der Waals surface area contributed by atoms with E-state index in [-0.39, 0.29) is 11.4 Å². The predicted octanol–water partition coefficient (Wildman–Crippen LogP) is 2.70. The second-order valence-corrected chi connectivity index (χ2v) is 4.59. The van der Waals surface area contributed by atoms with E-state index in [1.165, 1.54) is 29.2 Å². The number of anilines is 1. The number of hydrazine groups is 1. The molecular formula is C17H24FN3O2. The molecule has 0 atom stereocenters. The van der Waals surface area contributed by atoms with Crippen molar-refractivity contribution in [3.05, 3.63) is 53.5 Å². The average Bonchev–Trinajstić information content (AvgIpc) is 2.54. The molecule has 0 spiro atoms. The van der Waals surface area contributed by atoms with Crippen molar-refractivity contribution in [2.45, 2.75) is 27.2 Å². The maximum absolute atomic E-state index is 13.0. The summed E-state index contributed by atoms with van der Waals surface area (Å²) in [6.07, 6.45) is 4.43. The van der Waals surface area contributed by atoms with E-state index in [1.807, 2.05) is 6.92 Å². The van der Waals surface area contributed by atoms with E-state index in [2.05, 4.69) is 11.3 Å². The largest absolute Gasteiger partial charge is 0.298 e. The molecule has 0 heterocycles. The Hall–Kier alpha value is -2.31. The van der Waals surface area contributed by atoms with Gasteiger partial charge >= 0.3 is 0 Å². The second-order valence-electron chi connectivity index (χ2n) is 4.59. The summed E-state index contributed by atoms with van der Waals surface area (Å²) in [5, 5.41) is 0. The number of nitrogens with two attached hydrogens (primary N) is 1. The van der Waals surface area contributed by atoms with Crippen molar-refractivity contribution in [1.82, 2.24) is 5.43 Å². The SMILES string of the molecule is C/C=C\N(C(=O)/C(C=O)=C(\C)CC)c1ccc(F)cc1.CNN. The zero-order chi connectivity index (χ0) is 17.8. The summed E-state index contributed by atoms with van der Waals surface area (Å²) in [6, 6.07) is 5.54. The molecule has 1 aromatic carbocycles. The Morgan fingerprint density at radius 2 is 1.87 bits per heavy atom. The first-order chi connectivity index (χ1) is 11.0. The quantitative estimate of drug-likeness (QED) is 0.218.